The molecule has 4 nitrogen and oxygen atoms in total. The molecule has 0 fully saturated rings. The maximum Gasteiger partial charge on any atom is 0.358 e. The van der Waals surface area contributed by atoms with Gasteiger partial charge in [-0.2, -0.15) is 0 Å². The van der Waals surface area contributed by atoms with Crippen LogP contribution in [0.5, 0.6) is 0 Å². The lowest BCUT2D eigenvalue weighted by atomic mass is 10.1. The van der Waals surface area contributed by atoms with Crippen LogP contribution in [0.25, 0.3) is 11.6 Å². The summed E-state index contributed by atoms with van der Waals surface area (Å²) in [4.78, 5) is 10.7. The smallest absolute Gasteiger partial charge is 0.358 e. The van der Waals surface area contributed by atoms with Crippen LogP contribution >= 0.6 is 0 Å². The molecule has 1 heterocycles. The largest absolute Gasteiger partial charge is 0.476 e. The lowest BCUT2D eigenvalue weighted by Gasteiger charge is -1.95. The summed E-state index contributed by atoms with van der Waals surface area (Å²) >= 11 is 0. The van der Waals surface area contributed by atoms with Crippen LogP contribution in [0.3, 0.4) is 0 Å². The molecule has 2 aromatic rings. The van der Waals surface area contributed by atoms with Crippen molar-refractivity contribution in [2.45, 2.75) is 6.92 Å². The van der Waals surface area contributed by atoms with Gasteiger partial charge in [-0.05, 0) is 24.1 Å². The van der Waals surface area contributed by atoms with Gasteiger partial charge in [0.2, 0.25) is 0 Å². The zero-order chi connectivity index (χ0) is 12.3. The fourth-order valence-corrected chi connectivity index (χ4v) is 1.43. The lowest BCUT2D eigenvalue weighted by molar-refractivity contribution is 0.0685. The van der Waals surface area contributed by atoms with Crippen LogP contribution in [0.15, 0.2) is 40.9 Å². The highest BCUT2D eigenvalue weighted by atomic mass is 16.5. The third-order valence-corrected chi connectivity index (χ3v) is 2.30. The molecule has 0 saturated heterocycles. The van der Waals surface area contributed by atoms with Crippen molar-refractivity contribution < 1.29 is 14.4 Å². The first-order valence-corrected chi connectivity index (χ1v) is 5.10. The lowest BCUT2D eigenvalue weighted by Crippen LogP contribution is -1.94. The Kier molecular flexibility index (Phi) is 3.05. The van der Waals surface area contributed by atoms with E-state index in [1.807, 2.05) is 43.3 Å². The highest BCUT2D eigenvalue weighted by Gasteiger charge is 2.11. The highest BCUT2D eigenvalue weighted by molar-refractivity contribution is 5.87. The molecule has 1 N–H and O–H groups in total. The van der Waals surface area contributed by atoms with Crippen LogP contribution in [0.2, 0.25) is 0 Å². The Morgan fingerprint density at radius 3 is 2.65 bits per heavy atom. The van der Waals surface area contributed by atoms with Gasteiger partial charge in [0.05, 0.1) is 0 Å². The van der Waals surface area contributed by atoms with Gasteiger partial charge in [-0.3, -0.25) is 0 Å². The van der Waals surface area contributed by atoms with E-state index in [0.29, 0.717) is 5.76 Å². The number of aromatic nitrogens is 1. The molecule has 17 heavy (non-hydrogen) atoms. The summed E-state index contributed by atoms with van der Waals surface area (Å²) in [6.45, 7) is 1.85. The van der Waals surface area contributed by atoms with Crippen molar-refractivity contribution in [1.82, 2.24) is 5.16 Å². The van der Waals surface area contributed by atoms with E-state index in [1.165, 1.54) is 6.07 Å². The average molecular weight is 229 g/mol. The van der Waals surface area contributed by atoms with E-state index in [1.54, 1.807) is 0 Å². The molecule has 1 aromatic heterocycles. The number of carboxylic acids is 1. The highest BCUT2D eigenvalue weighted by Crippen LogP contribution is 2.18. The maximum atomic E-state index is 10.7. The van der Waals surface area contributed by atoms with Crippen molar-refractivity contribution in [2.75, 3.05) is 0 Å². The summed E-state index contributed by atoms with van der Waals surface area (Å²) in [5, 5.41) is 12.2. The molecule has 0 spiro atoms. The number of hydrogen-bond acceptors (Lipinski definition) is 3. The molecule has 0 saturated carbocycles. The van der Waals surface area contributed by atoms with E-state index < -0.39 is 5.97 Å². The molecule has 1 aromatic carbocycles. The SMILES string of the molecule is C/C(=C/c1ccccc1)c1cc(C(=O)O)no1. The number of carbonyl (C=O) groups is 1. The Labute approximate surface area is 98.2 Å². The Morgan fingerprint density at radius 1 is 1.35 bits per heavy atom. The summed E-state index contributed by atoms with van der Waals surface area (Å²) in [6.07, 6.45) is 1.91. The monoisotopic (exact) mass is 229 g/mol. The van der Waals surface area contributed by atoms with Gasteiger partial charge in [-0.1, -0.05) is 35.5 Å². The summed E-state index contributed by atoms with van der Waals surface area (Å²) in [7, 11) is 0. The zero-order valence-electron chi connectivity index (χ0n) is 9.25. The molecular formula is C13H11NO3. The van der Waals surface area contributed by atoms with Crippen LogP contribution in [0, 0.1) is 0 Å². The fourth-order valence-electron chi connectivity index (χ4n) is 1.43. The minimum absolute atomic E-state index is 0.0826. The van der Waals surface area contributed by atoms with Crippen molar-refractivity contribution in [3.05, 3.63) is 53.4 Å². The van der Waals surface area contributed by atoms with Crippen LogP contribution in [-0.2, 0) is 0 Å². The number of allylic oxidation sites excluding steroid dienone is 1. The molecule has 0 atom stereocenters. The summed E-state index contributed by atoms with van der Waals surface area (Å²) in [5.41, 5.74) is 1.77. The molecule has 0 radical (unpaired) electrons. The minimum atomic E-state index is -1.09. The minimum Gasteiger partial charge on any atom is -0.476 e. The fraction of sp³-hybridized carbons (Fsp3) is 0.0769. The first-order valence-electron chi connectivity index (χ1n) is 5.10. The van der Waals surface area contributed by atoms with Gasteiger partial charge in [0.15, 0.2) is 11.5 Å². The van der Waals surface area contributed by atoms with Crippen molar-refractivity contribution >= 4 is 17.6 Å². The first kappa shape index (κ1) is 11.1. The van der Waals surface area contributed by atoms with Crippen molar-refractivity contribution in [3.63, 3.8) is 0 Å². The molecular weight excluding hydrogens is 218 g/mol. The van der Waals surface area contributed by atoms with Crippen LogP contribution in [0.4, 0.5) is 0 Å². The molecule has 0 aliphatic heterocycles. The van der Waals surface area contributed by atoms with E-state index in [0.717, 1.165) is 11.1 Å². The molecule has 0 aliphatic carbocycles. The molecule has 0 aliphatic rings. The standard InChI is InChI=1S/C13H11NO3/c1-9(7-10-5-3-2-4-6-10)12-8-11(13(15)16)14-17-12/h2-8H,1H3,(H,15,16)/b9-7-. The zero-order valence-corrected chi connectivity index (χ0v) is 9.25. The van der Waals surface area contributed by atoms with E-state index in [9.17, 15) is 4.79 Å². The van der Waals surface area contributed by atoms with Crippen molar-refractivity contribution in [2.24, 2.45) is 0 Å². The van der Waals surface area contributed by atoms with Gasteiger partial charge < -0.3 is 9.63 Å². The van der Waals surface area contributed by atoms with E-state index in [2.05, 4.69) is 5.16 Å². The molecule has 4 heteroatoms. The number of aromatic carboxylic acids is 1. The molecule has 86 valence electrons. The van der Waals surface area contributed by atoms with Crippen molar-refractivity contribution in [1.29, 1.82) is 0 Å². The molecule has 2 rings (SSSR count). The molecule has 0 amide bonds. The Hall–Kier alpha value is -2.36. The van der Waals surface area contributed by atoms with E-state index >= 15 is 0 Å². The average Bonchev–Trinajstić information content (AvgIpc) is 2.79. The van der Waals surface area contributed by atoms with Gasteiger partial charge >= 0.3 is 5.97 Å². The Morgan fingerprint density at radius 2 is 2.06 bits per heavy atom. The predicted octanol–water partition coefficient (Wildman–Crippen LogP) is 2.93. The van der Waals surface area contributed by atoms with Crippen LogP contribution in [-0.4, -0.2) is 16.2 Å². The van der Waals surface area contributed by atoms with Gasteiger partial charge in [-0.15, -0.1) is 0 Å². The number of benzene rings is 1. The second-order valence-electron chi connectivity index (χ2n) is 3.62. The van der Waals surface area contributed by atoms with E-state index in [-0.39, 0.29) is 5.69 Å². The van der Waals surface area contributed by atoms with E-state index in [4.69, 9.17) is 9.63 Å². The quantitative estimate of drug-likeness (QED) is 0.878. The van der Waals surface area contributed by atoms with Crippen LogP contribution in [0.1, 0.15) is 28.7 Å². The number of rotatable bonds is 3. The molecule has 0 unspecified atom stereocenters. The Bertz CT molecular complexity index is 555. The van der Waals surface area contributed by atoms with Crippen molar-refractivity contribution in [3.8, 4) is 0 Å². The molecule has 0 bridgehead atoms. The summed E-state index contributed by atoms with van der Waals surface area (Å²) < 4.78 is 4.96. The number of hydrogen-bond donors (Lipinski definition) is 1. The third-order valence-electron chi connectivity index (χ3n) is 2.30. The first-order chi connectivity index (χ1) is 8.16. The number of carboxylic acid groups (broad SMARTS) is 1. The maximum absolute atomic E-state index is 10.7. The van der Waals surface area contributed by atoms with Gasteiger partial charge in [0, 0.05) is 6.07 Å². The van der Waals surface area contributed by atoms with Gasteiger partial charge in [0.1, 0.15) is 0 Å². The van der Waals surface area contributed by atoms with Crippen LogP contribution < -0.4 is 0 Å². The predicted molar refractivity (Wildman–Crippen MR) is 63.4 cm³/mol. The summed E-state index contributed by atoms with van der Waals surface area (Å²) in [5.74, 6) is -0.626. The topological polar surface area (TPSA) is 63.3 Å². The third kappa shape index (κ3) is 2.60. The Balaban J connectivity index is 2.27. The normalized spacial score (nSPS) is 11.5. The summed E-state index contributed by atoms with van der Waals surface area (Å²) in [6, 6.07) is 11.1. The second kappa shape index (κ2) is 4.65. The van der Waals surface area contributed by atoms with Gasteiger partial charge in [-0.25, -0.2) is 4.79 Å². The number of nitrogens with zero attached hydrogens (tertiary/aromatic N) is 1. The second-order valence-corrected chi connectivity index (χ2v) is 3.62. The van der Waals surface area contributed by atoms with Gasteiger partial charge in [0.25, 0.3) is 0 Å².